The molecule has 0 saturated carbocycles. The highest BCUT2D eigenvalue weighted by Gasteiger charge is 2.27. The molecular weight excluding hydrogens is 350 g/mol. The van der Waals surface area contributed by atoms with Gasteiger partial charge in [-0.1, -0.05) is 12.1 Å². The average Bonchev–Trinajstić information content (AvgIpc) is 2.84. The Morgan fingerprint density at radius 2 is 2.21 bits per heavy atom. The van der Waals surface area contributed by atoms with Crippen molar-refractivity contribution in [3.63, 3.8) is 0 Å². The molecule has 1 aromatic rings. The van der Waals surface area contributed by atoms with Crippen molar-refractivity contribution >= 4 is 47.1 Å². The lowest BCUT2D eigenvalue weighted by molar-refractivity contribution is -0.115. The summed E-state index contributed by atoms with van der Waals surface area (Å²) in [6.07, 6.45) is 3.76. The van der Waals surface area contributed by atoms with Crippen molar-refractivity contribution < 1.29 is 14.3 Å². The van der Waals surface area contributed by atoms with Gasteiger partial charge in [0.2, 0.25) is 0 Å². The Morgan fingerprint density at radius 3 is 2.83 bits per heavy atom. The van der Waals surface area contributed by atoms with Crippen LogP contribution < -0.4 is 20.7 Å². The summed E-state index contributed by atoms with van der Waals surface area (Å²) < 4.78 is 5.50. The summed E-state index contributed by atoms with van der Waals surface area (Å²) in [7, 11) is 1.63. The molecule has 2 heterocycles. The van der Waals surface area contributed by atoms with Crippen LogP contribution in [-0.4, -0.2) is 37.4 Å². The van der Waals surface area contributed by atoms with Crippen LogP contribution in [0.5, 0.6) is 5.75 Å². The number of amides is 2. The number of thioether (sulfide) groups is 1. The highest BCUT2D eigenvalue weighted by atomic mass is 35.5. The Labute approximate surface area is 151 Å². The summed E-state index contributed by atoms with van der Waals surface area (Å²) in [6.45, 7) is 1.64. The molecule has 1 aromatic carbocycles. The highest BCUT2D eigenvalue weighted by molar-refractivity contribution is 8.18. The van der Waals surface area contributed by atoms with Gasteiger partial charge < -0.3 is 15.4 Å². The number of carbonyl (C=O) groups excluding carboxylic acids is 2. The highest BCUT2D eigenvalue weighted by Crippen LogP contribution is 2.37. The predicted octanol–water partition coefficient (Wildman–Crippen LogP) is 2.37. The van der Waals surface area contributed by atoms with Crippen LogP contribution in [0.1, 0.15) is 18.4 Å². The van der Waals surface area contributed by atoms with Gasteiger partial charge in [-0.2, -0.15) is 0 Å². The Hall–Kier alpha value is -1.70. The molecule has 130 valence electrons. The number of nitrogens with two attached hydrogens (primary N) is 1. The minimum absolute atomic E-state index is 0. The average molecular weight is 370 g/mol. The molecule has 6 nitrogen and oxygen atoms in total. The van der Waals surface area contributed by atoms with Gasteiger partial charge in [0.25, 0.3) is 11.1 Å². The third-order valence-corrected chi connectivity index (χ3v) is 4.76. The molecular formula is C16H20ClN3O3S. The van der Waals surface area contributed by atoms with Gasteiger partial charge in [0.15, 0.2) is 0 Å². The number of hydrogen-bond donors (Lipinski definition) is 2. The third-order valence-electron chi connectivity index (χ3n) is 3.95. The van der Waals surface area contributed by atoms with Crippen LogP contribution in [0.25, 0.3) is 6.08 Å². The Balaban J connectivity index is 0.00000208. The van der Waals surface area contributed by atoms with Gasteiger partial charge >= 0.3 is 0 Å². The number of hydrogen-bond acceptors (Lipinski definition) is 6. The second-order valence-electron chi connectivity index (χ2n) is 5.60. The lowest BCUT2D eigenvalue weighted by Crippen LogP contribution is -2.43. The summed E-state index contributed by atoms with van der Waals surface area (Å²) in [4.78, 5) is 25.7. The molecule has 0 unspecified atom stereocenters. The second-order valence-corrected chi connectivity index (χ2v) is 6.61. The largest absolute Gasteiger partial charge is 0.495 e. The van der Waals surface area contributed by atoms with Gasteiger partial charge in [0.1, 0.15) is 5.75 Å². The first kappa shape index (κ1) is 18.6. The molecule has 0 radical (unpaired) electrons. The molecule has 0 bridgehead atoms. The lowest BCUT2D eigenvalue weighted by Gasteiger charge is -2.34. The van der Waals surface area contributed by atoms with Gasteiger partial charge in [-0.3, -0.25) is 14.9 Å². The molecule has 3 N–H and O–H groups in total. The van der Waals surface area contributed by atoms with E-state index >= 15 is 0 Å². The van der Waals surface area contributed by atoms with Crippen LogP contribution in [0.4, 0.5) is 10.5 Å². The van der Waals surface area contributed by atoms with E-state index < -0.39 is 0 Å². The Morgan fingerprint density at radius 1 is 1.42 bits per heavy atom. The number of carbonyl (C=O) groups is 2. The lowest BCUT2D eigenvalue weighted by atomic mass is 10.0. The number of methoxy groups -OCH3 is 1. The van der Waals surface area contributed by atoms with Crippen molar-refractivity contribution in [2.75, 3.05) is 25.1 Å². The maximum atomic E-state index is 11.8. The summed E-state index contributed by atoms with van der Waals surface area (Å²) >= 11 is 0.915. The van der Waals surface area contributed by atoms with Crippen LogP contribution in [-0.2, 0) is 4.79 Å². The van der Waals surface area contributed by atoms with E-state index in [1.807, 2.05) is 18.2 Å². The first-order valence-electron chi connectivity index (χ1n) is 7.51. The van der Waals surface area contributed by atoms with E-state index in [0.717, 1.165) is 54.7 Å². The number of imide groups is 1. The summed E-state index contributed by atoms with van der Waals surface area (Å²) in [5, 5.41) is 1.93. The summed E-state index contributed by atoms with van der Waals surface area (Å²) in [5.41, 5.74) is 7.87. The molecule has 2 aliphatic rings. The quantitative estimate of drug-likeness (QED) is 0.796. The van der Waals surface area contributed by atoms with Crippen molar-refractivity contribution in [2.45, 2.75) is 18.9 Å². The summed E-state index contributed by atoms with van der Waals surface area (Å²) in [5.74, 6) is 0.382. The number of halogens is 1. The van der Waals surface area contributed by atoms with E-state index in [2.05, 4.69) is 10.2 Å². The number of nitrogens with zero attached hydrogens (tertiary/aromatic N) is 1. The van der Waals surface area contributed by atoms with Crippen LogP contribution in [0.2, 0.25) is 0 Å². The second kappa shape index (κ2) is 7.92. The minimum atomic E-state index is -0.357. The summed E-state index contributed by atoms with van der Waals surface area (Å²) in [6, 6.07) is 5.81. The van der Waals surface area contributed by atoms with Crippen LogP contribution in [0, 0.1) is 0 Å². The van der Waals surface area contributed by atoms with E-state index in [9.17, 15) is 9.59 Å². The minimum Gasteiger partial charge on any atom is -0.495 e. The van der Waals surface area contributed by atoms with Crippen molar-refractivity contribution in [3.05, 3.63) is 28.7 Å². The maximum absolute atomic E-state index is 11.8. The van der Waals surface area contributed by atoms with E-state index in [1.165, 1.54) is 0 Å². The molecule has 0 aromatic heterocycles. The fourth-order valence-corrected chi connectivity index (χ4v) is 3.61. The molecule has 24 heavy (non-hydrogen) atoms. The predicted molar refractivity (Wildman–Crippen MR) is 98.8 cm³/mol. The number of ether oxygens (including phenoxy) is 1. The number of nitrogens with one attached hydrogen (secondary N) is 1. The van der Waals surface area contributed by atoms with Crippen molar-refractivity contribution in [1.29, 1.82) is 0 Å². The number of rotatable bonds is 3. The molecule has 1 atom stereocenters. The van der Waals surface area contributed by atoms with Gasteiger partial charge in [0, 0.05) is 24.7 Å². The monoisotopic (exact) mass is 369 g/mol. The first-order valence-corrected chi connectivity index (χ1v) is 8.32. The molecule has 3 rings (SSSR count). The molecule has 2 fully saturated rings. The zero-order chi connectivity index (χ0) is 16.4. The standard InChI is InChI=1S/C16H19N3O3S.ClH/c1-22-12-6-2-4-10(8-13-15(20)18-16(21)23-13)14(12)19-7-3-5-11(17)9-19;/h2,4,6,8,11H,3,5,7,9,17H2,1H3,(H,18,20,21);1H/b13-8-;/t11-;/m1./s1. The zero-order valence-corrected chi connectivity index (χ0v) is 14.9. The molecule has 2 amide bonds. The van der Waals surface area contributed by atoms with E-state index in [-0.39, 0.29) is 29.6 Å². The number of anilines is 1. The maximum Gasteiger partial charge on any atom is 0.290 e. The van der Waals surface area contributed by atoms with Crippen LogP contribution >= 0.6 is 24.2 Å². The van der Waals surface area contributed by atoms with Gasteiger partial charge in [-0.15, -0.1) is 12.4 Å². The Bertz CT molecular complexity index is 681. The van der Waals surface area contributed by atoms with Crippen molar-refractivity contribution in [1.82, 2.24) is 5.32 Å². The zero-order valence-electron chi connectivity index (χ0n) is 13.3. The van der Waals surface area contributed by atoms with E-state index in [1.54, 1.807) is 13.2 Å². The van der Waals surface area contributed by atoms with Gasteiger partial charge in [0.05, 0.1) is 17.7 Å². The smallest absolute Gasteiger partial charge is 0.290 e. The van der Waals surface area contributed by atoms with Crippen molar-refractivity contribution in [3.8, 4) is 5.75 Å². The molecule has 8 heteroatoms. The van der Waals surface area contributed by atoms with Gasteiger partial charge in [-0.05, 0) is 36.7 Å². The van der Waals surface area contributed by atoms with Gasteiger partial charge in [-0.25, -0.2) is 0 Å². The van der Waals surface area contributed by atoms with E-state index in [0.29, 0.717) is 4.91 Å². The van der Waals surface area contributed by atoms with Crippen LogP contribution in [0.15, 0.2) is 23.1 Å². The van der Waals surface area contributed by atoms with E-state index in [4.69, 9.17) is 10.5 Å². The fourth-order valence-electron chi connectivity index (χ4n) is 2.93. The van der Waals surface area contributed by atoms with Crippen LogP contribution in [0.3, 0.4) is 0 Å². The fraction of sp³-hybridized carbons (Fsp3) is 0.375. The first-order chi connectivity index (χ1) is 11.1. The molecule has 0 aliphatic carbocycles. The Kier molecular flexibility index (Phi) is 6.15. The molecule has 2 aliphatic heterocycles. The normalized spacial score (nSPS) is 22.3. The number of piperidine rings is 1. The van der Waals surface area contributed by atoms with Crippen molar-refractivity contribution in [2.24, 2.45) is 5.73 Å². The molecule has 2 saturated heterocycles. The topological polar surface area (TPSA) is 84.7 Å². The third kappa shape index (κ3) is 3.85. The number of benzene rings is 1. The SMILES string of the molecule is COc1cccc(/C=C2\SC(=O)NC2=O)c1N1CCC[C@@H](N)C1.Cl. The number of para-hydroxylation sites is 1. The molecule has 0 spiro atoms.